The summed E-state index contributed by atoms with van der Waals surface area (Å²) in [6.45, 7) is 2.49. The predicted octanol–water partition coefficient (Wildman–Crippen LogP) is 9.54. The van der Waals surface area contributed by atoms with E-state index in [1.165, 1.54) is 0 Å². The molecule has 0 aliphatic carbocycles. The molecule has 1 fully saturated rings. The van der Waals surface area contributed by atoms with Crippen molar-refractivity contribution in [2.45, 2.75) is 26.1 Å². The van der Waals surface area contributed by atoms with Crippen molar-refractivity contribution in [2.24, 2.45) is 0 Å². The predicted molar refractivity (Wildman–Crippen MR) is 242 cm³/mol. The number of benzene rings is 7. The first-order valence-corrected chi connectivity index (χ1v) is 20.2. The molecule has 290 valence electrons. The minimum Gasteiger partial charge on any atom is -0.337 e. The van der Waals surface area contributed by atoms with Gasteiger partial charge >= 0.3 is 0 Å². The third-order valence-corrected chi connectivity index (χ3v) is 10.9. The molecule has 0 saturated carbocycles. The summed E-state index contributed by atoms with van der Waals surface area (Å²) in [6, 6.07) is 69.1. The highest BCUT2D eigenvalue weighted by atomic mass is 16.1. The van der Waals surface area contributed by atoms with Crippen LogP contribution in [0.15, 0.2) is 205 Å². The van der Waals surface area contributed by atoms with Crippen molar-refractivity contribution in [2.75, 3.05) is 22.3 Å². The molecule has 1 aromatic heterocycles. The smallest absolute Gasteiger partial charge is 0.276 e. The summed E-state index contributed by atoms with van der Waals surface area (Å²) in [5.74, 6) is 0. The van der Waals surface area contributed by atoms with Gasteiger partial charge in [0.15, 0.2) is 0 Å². The van der Waals surface area contributed by atoms with E-state index in [-0.39, 0.29) is 11.7 Å². The molecule has 1 unspecified atom stereocenters. The number of rotatable bonds is 10. The first-order valence-electron chi connectivity index (χ1n) is 20.2. The largest absolute Gasteiger partial charge is 0.337 e. The Morgan fingerprint density at radius 1 is 0.559 bits per heavy atom. The lowest BCUT2D eigenvalue weighted by Gasteiger charge is -2.37. The molecule has 7 nitrogen and oxygen atoms in total. The maximum Gasteiger partial charge on any atom is 0.276 e. The average molecular weight is 771 g/mol. The van der Waals surface area contributed by atoms with Gasteiger partial charge in [-0.3, -0.25) is 9.36 Å². The number of hydrogen-bond donors (Lipinski definition) is 1. The van der Waals surface area contributed by atoms with E-state index in [0.717, 1.165) is 67.9 Å². The number of hydrazine groups is 3. The molecule has 1 saturated heterocycles. The van der Waals surface area contributed by atoms with Crippen LogP contribution in [0.5, 0.6) is 0 Å². The third-order valence-electron chi connectivity index (χ3n) is 10.9. The molecule has 1 aliphatic heterocycles. The molecule has 7 aromatic carbocycles. The summed E-state index contributed by atoms with van der Waals surface area (Å²) in [4.78, 5) is 18.4. The van der Waals surface area contributed by atoms with Crippen LogP contribution in [0.4, 0.5) is 17.1 Å². The van der Waals surface area contributed by atoms with Crippen molar-refractivity contribution in [1.82, 2.24) is 14.6 Å². The summed E-state index contributed by atoms with van der Waals surface area (Å²) < 4.78 is 1.90. The Hall–Kier alpha value is -7.35. The van der Waals surface area contributed by atoms with Crippen LogP contribution in [0.3, 0.4) is 0 Å². The first-order chi connectivity index (χ1) is 29.1. The van der Waals surface area contributed by atoms with E-state index < -0.39 is 0 Å². The molecule has 1 atom stereocenters. The Balaban J connectivity index is 1.21. The van der Waals surface area contributed by atoms with Gasteiger partial charge < -0.3 is 4.98 Å². The van der Waals surface area contributed by atoms with E-state index in [1.54, 1.807) is 0 Å². The number of nitrogens with zero attached hydrogens (tertiary/aromatic N) is 5. The van der Waals surface area contributed by atoms with E-state index in [4.69, 9.17) is 0 Å². The molecule has 1 N–H and O–H groups in total. The van der Waals surface area contributed by atoms with E-state index in [1.807, 2.05) is 41.0 Å². The van der Waals surface area contributed by atoms with Crippen LogP contribution in [0.25, 0.3) is 22.8 Å². The lowest BCUT2D eigenvalue weighted by molar-refractivity contribution is 0.291. The minimum atomic E-state index is -0.262. The second-order valence-electron chi connectivity index (χ2n) is 14.6. The van der Waals surface area contributed by atoms with Crippen molar-refractivity contribution < 1.29 is 0 Å². The van der Waals surface area contributed by atoms with Gasteiger partial charge in [0, 0.05) is 18.2 Å². The second kappa shape index (κ2) is 16.6. The molecule has 0 radical (unpaired) electrons. The maximum absolute atomic E-state index is 14.8. The fourth-order valence-electron chi connectivity index (χ4n) is 8.30. The zero-order chi connectivity index (χ0) is 40.1. The molecule has 9 rings (SSSR count). The minimum absolute atomic E-state index is 0.0571. The summed E-state index contributed by atoms with van der Waals surface area (Å²) >= 11 is 0. The van der Waals surface area contributed by atoms with E-state index in [0.29, 0.717) is 11.9 Å². The average Bonchev–Trinajstić information content (AvgIpc) is 3.77. The monoisotopic (exact) mass is 770 g/mol. The van der Waals surface area contributed by atoms with Crippen LogP contribution >= 0.6 is 0 Å². The molecule has 8 aromatic rings. The number of aromatic nitrogens is 2. The highest BCUT2D eigenvalue weighted by Crippen LogP contribution is 2.46. The molecule has 1 aliphatic rings. The zero-order valence-corrected chi connectivity index (χ0v) is 33.3. The van der Waals surface area contributed by atoms with Crippen LogP contribution in [-0.2, 0) is 6.54 Å². The third kappa shape index (κ3) is 7.13. The summed E-state index contributed by atoms with van der Waals surface area (Å²) in [6.07, 6.45) is 2.62. The number of imidazole rings is 1. The van der Waals surface area contributed by atoms with Crippen molar-refractivity contribution >= 4 is 28.7 Å². The molecule has 7 heteroatoms. The van der Waals surface area contributed by atoms with Crippen molar-refractivity contribution in [3.8, 4) is 11.1 Å². The van der Waals surface area contributed by atoms with Crippen molar-refractivity contribution in [3.05, 3.63) is 244 Å². The topological polar surface area (TPSA) is 50.8 Å². The molecular weight excluding hydrogens is 725 g/mol. The number of hydrogen-bond acceptors (Lipinski definition) is 5. The highest BCUT2D eigenvalue weighted by Gasteiger charge is 2.45. The normalized spacial score (nSPS) is 14.6. The quantitative estimate of drug-likeness (QED) is 0.150. The fraction of sp³-hybridized carbons (Fsp3) is 0.0962. The van der Waals surface area contributed by atoms with Gasteiger partial charge in [-0.2, -0.15) is 15.2 Å². The van der Waals surface area contributed by atoms with Crippen molar-refractivity contribution in [1.29, 1.82) is 0 Å². The Morgan fingerprint density at radius 3 is 1.61 bits per heavy atom. The van der Waals surface area contributed by atoms with Crippen molar-refractivity contribution in [3.63, 3.8) is 0 Å². The molecule has 0 spiro atoms. The van der Waals surface area contributed by atoms with Crippen LogP contribution in [0.2, 0.25) is 0 Å². The standard InChI is InChI=1S/C52H46N6O/c1-3-23-48-53-50(49(39-24-9-4-10-25-39)40-26-11-5-12-27-40)52(59)55(48)38-41-28-19-20-35-45(41)46-36-21-22-37-47(46)51-54(2)57(43-31-15-7-16-32-43)58(44-33-17-8-18-34-44)56(51)42-29-13-6-14-30-42/h4-37,51,53H,3,38H2,1-2H3. The molecular formula is C52H46N6O. The number of H-pyrrole nitrogens is 1. The van der Waals surface area contributed by atoms with Gasteiger partial charge in [-0.1, -0.05) is 171 Å². The summed E-state index contributed by atoms with van der Waals surface area (Å²) in [5.41, 5.74) is 11.0. The summed E-state index contributed by atoms with van der Waals surface area (Å²) in [7, 11) is 2.15. The fourth-order valence-corrected chi connectivity index (χ4v) is 8.30. The first kappa shape index (κ1) is 37.2. The Bertz CT molecular complexity index is 2800. The molecule has 2 heterocycles. The van der Waals surface area contributed by atoms with Crippen LogP contribution in [0, 0.1) is 0 Å². The Labute approximate surface area is 345 Å². The summed E-state index contributed by atoms with van der Waals surface area (Å²) in [5, 5.41) is 9.76. The Morgan fingerprint density at radius 2 is 1.03 bits per heavy atom. The molecule has 0 amide bonds. The number of nitrogens with one attached hydrogen (secondary N) is 1. The highest BCUT2D eigenvalue weighted by molar-refractivity contribution is 5.79. The van der Waals surface area contributed by atoms with Crippen LogP contribution in [0.1, 0.15) is 41.8 Å². The van der Waals surface area contributed by atoms with Gasteiger partial charge in [0.2, 0.25) is 0 Å². The SMILES string of the molecule is CCC=c1[nH]c(=C(c2ccccc2)c2ccccc2)c(=O)n1Cc1ccccc1-c1ccccc1C1N(C)N(c2ccccc2)N(c2ccccc2)N1c1ccccc1. The van der Waals surface area contributed by atoms with Crippen LogP contribution < -0.4 is 31.6 Å². The van der Waals surface area contributed by atoms with E-state index >= 15 is 0 Å². The number of anilines is 3. The van der Waals surface area contributed by atoms with Gasteiger partial charge in [0.1, 0.15) is 17.0 Å². The molecule has 0 bridgehead atoms. The van der Waals surface area contributed by atoms with Gasteiger partial charge in [0.05, 0.1) is 23.6 Å². The lowest BCUT2D eigenvalue weighted by atomic mass is 9.93. The van der Waals surface area contributed by atoms with Crippen LogP contribution in [-0.4, -0.2) is 21.6 Å². The van der Waals surface area contributed by atoms with E-state index in [9.17, 15) is 4.79 Å². The van der Waals surface area contributed by atoms with Gasteiger partial charge in [-0.25, -0.2) is 5.01 Å². The number of para-hydroxylation sites is 3. The van der Waals surface area contributed by atoms with E-state index in [2.05, 4.69) is 209 Å². The van der Waals surface area contributed by atoms with Gasteiger partial charge in [-0.15, -0.1) is 0 Å². The van der Waals surface area contributed by atoms with Gasteiger partial charge in [0.25, 0.3) is 5.56 Å². The lowest BCUT2D eigenvalue weighted by Crippen LogP contribution is -2.47. The zero-order valence-electron chi connectivity index (χ0n) is 33.3. The maximum atomic E-state index is 14.8. The van der Waals surface area contributed by atoms with Gasteiger partial charge in [-0.05, 0) is 76.7 Å². The Kier molecular flexibility index (Phi) is 10.5. The number of aromatic amines is 1. The molecule has 59 heavy (non-hydrogen) atoms. The second-order valence-corrected chi connectivity index (χ2v) is 14.6.